The fraction of sp³-hybridized carbons (Fsp3) is 0.765. The Morgan fingerprint density at radius 3 is 2.41 bits per heavy atom. The van der Waals surface area contributed by atoms with Crippen LogP contribution in [0.25, 0.3) is 0 Å². The van der Waals surface area contributed by atoms with Crippen molar-refractivity contribution >= 4 is 39.8 Å². The van der Waals surface area contributed by atoms with Crippen LogP contribution in [-0.2, 0) is 16.4 Å². The Balaban J connectivity index is 0.00000364. The molecule has 1 N–H and O–H groups in total. The van der Waals surface area contributed by atoms with Crippen molar-refractivity contribution in [3.05, 3.63) is 17.5 Å². The molecule has 0 aromatic carbocycles. The van der Waals surface area contributed by atoms with Gasteiger partial charge in [-0.25, -0.2) is 8.42 Å². The monoisotopic (exact) mass is 513 g/mol. The number of piperazine rings is 1. The topological polar surface area (TPSA) is 91.0 Å². The average molecular weight is 513 g/mol. The number of nitrogens with one attached hydrogen (secondary N) is 1. The van der Waals surface area contributed by atoms with E-state index in [0.717, 1.165) is 50.1 Å². The first-order chi connectivity index (χ1) is 12.1. The Hall–Kier alpha value is -0.880. The summed E-state index contributed by atoms with van der Waals surface area (Å²) >= 11 is 0. The quantitative estimate of drug-likeness (QED) is 0.363. The van der Waals surface area contributed by atoms with E-state index in [1.165, 1.54) is 0 Å². The largest absolute Gasteiger partial charge is 0.361 e. The highest BCUT2D eigenvalue weighted by Gasteiger charge is 2.28. The van der Waals surface area contributed by atoms with Gasteiger partial charge in [-0.2, -0.15) is 0 Å². The first-order valence-electron chi connectivity index (χ1n) is 8.95. The molecule has 0 spiro atoms. The van der Waals surface area contributed by atoms with Crippen LogP contribution in [0.15, 0.2) is 15.6 Å². The van der Waals surface area contributed by atoms with Gasteiger partial charge in [0.2, 0.25) is 0 Å². The summed E-state index contributed by atoms with van der Waals surface area (Å²) in [5.74, 6) is 1.68. The molecule has 0 bridgehead atoms. The third kappa shape index (κ3) is 6.90. The summed E-state index contributed by atoms with van der Waals surface area (Å²) in [4.78, 5) is 8.78. The molecular formula is C17H32IN5O3S. The number of aliphatic imine (C=N–C) groups is 1. The zero-order valence-electron chi connectivity index (χ0n) is 16.9. The highest BCUT2D eigenvalue weighted by Crippen LogP contribution is 2.15. The maximum absolute atomic E-state index is 12.2. The summed E-state index contributed by atoms with van der Waals surface area (Å²) in [6.45, 7) is 11.7. The van der Waals surface area contributed by atoms with Crippen LogP contribution in [0.3, 0.4) is 0 Å². The van der Waals surface area contributed by atoms with Crippen molar-refractivity contribution in [3.63, 3.8) is 0 Å². The second kappa shape index (κ2) is 10.1. The van der Waals surface area contributed by atoms with Gasteiger partial charge in [-0.3, -0.25) is 9.89 Å². The summed E-state index contributed by atoms with van der Waals surface area (Å²) in [6.07, 6.45) is 0. The van der Waals surface area contributed by atoms with Crippen molar-refractivity contribution in [3.8, 4) is 0 Å². The molecular weight excluding hydrogens is 481 g/mol. The summed E-state index contributed by atoms with van der Waals surface area (Å²) in [5, 5.41) is 7.23. The van der Waals surface area contributed by atoms with Crippen LogP contribution >= 0.6 is 24.0 Å². The third-order valence-corrected chi connectivity index (χ3v) is 7.14. The van der Waals surface area contributed by atoms with Gasteiger partial charge in [-0.1, -0.05) is 5.16 Å². The number of sulfone groups is 1. The number of hydrogen-bond donors (Lipinski definition) is 1. The normalized spacial score (nSPS) is 16.9. The summed E-state index contributed by atoms with van der Waals surface area (Å²) in [5.41, 5.74) is 0.950. The molecule has 0 saturated carbocycles. The van der Waals surface area contributed by atoms with Gasteiger partial charge in [0.1, 0.15) is 5.76 Å². The van der Waals surface area contributed by atoms with Crippen LogP contribution < -0.4 is 5.32 Å². The molecule has 0 unspecified atom stereocenters. The lowest BCUT2D eigenvalue weighted by Gasteiger charge is -2.36. The Kier molecular flexibility index (Phi) is 9.00. The van der Waals surface area contributed by atoms with E-state index in [2.05, 4.69) is 25.3 Å². The van der Waals surface area contributed by atoms with Crippen LogP contribution in [0.1, 0.15) is 32.2 Å². The fourth-order valence-corrected chi connectivity index (χ4v) is 3.76. The lowest BCUT2D eigenvalue weighted by molar-refractivity contribution is 0.169. The van der Waals surface area contributed by atoms with Crippen LogP contribution in [0.4, 0.5) is 0 Å². The smallest absolute Gasteiger partial charge is 0.193 e. The molecule has 1 saturated heterocycles. The summed E-state index contributed by atoms with van der Waals surface area (Å²) < 4.78 is 28.8. The van der Waals surface area contributed by atoms with Gasteiger partial charge >= 0.3 is 0 Å². The standard InChI is InChI=1S/C17H31N5O3S.HI/c1-14-12-15(20-25-14)13-21-7-9-22(10-8-21)16(18-5)19-6-11-26(23,24)17(2,3)4;/h12H,6-11,13H2,1-5H3,(H,18,19);1H. The molecule has 1 aliphatic heterocycles. The Morgan fingerprint density at radius 1 is 1.30 bits per heavy atom. The summed E-state index contributed by atoms with van der Waals surface area (Å²) in [7, 11) is -1.41. The zero-order valence-corrected chi connectivity index (χ0v) is 20.0. The molecule has 0 amide bonds. The molecule has 1 fully saturated rings. The predicted octanol–water partition coefficient (Wildman–Crippen LogP) is 1.51. The molecule has 1 aromatic rings. The Bertz CT molecular complexity index is 719. The molecule has 2 rings (SSSR count). The molecule has 2 heterocycles. The number of nitrogens with zero attached hydrogens (tertiary/aromatic N) is 4. The van der Waals surface area contributed by atoms with Gasteiger partial charge in [0.25, 0.3) is 0 Å². The average Bonchev–Trinajstić information content (AvgIpc) is 2.96. The minimum atomic E-state index is -3.13. The van der Waals surface area contributed by atoms with Gasteiger partial charge in [-0.15, -0.1) is 24.0 Å². The van der Waals surface area contributed by atoms with Crippen LogP contribution in [0.2, 0.25) is 0 Å². The van der Waals surface area contributed by atoms with Crippen molar-refractivity contribution < 1.29 is 12.9 Å². The van der Waals surface area contributed by atoms with Crippen molar-refractivity contribution in [2.24, 2.45) is 4.99 Å². The number of aromatic nitrogens is 1. The van der Waals surface area contributed by atoms with E-state index in [0.29, 0.717) is 6.54 Å². The van der Waals surface area contributed by atoms with Crippen LogP contribution in [0.5, 0.6) is 0 Å². The second-order valence-electron chi connectivity index (χ2n) is 7.60. The van der Waals surface area contributed by atoms with E-state index in [9.17, 15) is 8.42 Å². The van der Waals surface area contributed by atoms with Crippen molar-refractivity contribution in [1.82, 2.24) is 20.3 Å². The van der Waals surface area contributed by atoms with E-state index < -0.39 is 14.6 Å². The van der Waals surface area contributed by atoms with E-state index in [1.807, 2.05) is 13.0 Å². The highest BCUT2D eigenvalue weighted by atomic mass is 127. The Morgan fingerprint density at radius 2 is 1.93 bits per heavy atom. The lowest BCUT2D eigenvalue weighted by atomic mass is 10.3. The number of halogens is 1. The van der Waals surface area contributed by atoms with Gasteiger partial charge in [0.05, 0.1) is 16.2 Å². The zero-order chi connectivity index (χ0) is 19.4. The Labute approximate surface area is 179 Å². The van der Waals surface area contributed by atoms with Gasteiger partial charge in [0, 0.05) is 52.4 Å². The van der Waals surface area contributed by atoms with Gasteiger partial charge < -0.3 is 14.7 Å². The molecule has 8 nitrogen and oxygen atoms in total. The molecule has 27 heavy (non-hydrogen) atoms. The van der Waals surface area contributed by atoms with Gasteiger partial charge in [-0.05, 0) is 27.7 Å². The first kappa shape index (κ1) is 24.2. The number of aryl methyl sites for hydroxylation is 1. The number of rotatable bonds is 5. The van der Waals surface area contributed by atoms with E-state index in [-0.39, 0.29) is 29.7 Å². The van der Waals surface area contributed by atoms with E-state index in [4.69, 9.17) is 4.52 Å². The van der Waals surface area contributed by atoms with Crippen LogP contribution in [-0.4, -0.2) is 79.6 Å². The maximum Gasteiger partial charge on any atom is 0.193 e. The molecule has 0 radical (unpaired) electrons. The van der Waals surface area contributed by atoms with E-state index >= 15 is 0 Å². The highest BCUT2D eigenvalue weighted by molar-refractivity contribution is 14.0. The van der Waals surface area contributed by atoms with Crippen LogP contribution in [0, 0.1) is 6.92 Å². The molecule has 1 aliphatic rings. The first-order valence-corrected chi connectivity index (χ1v) is 10.6. The summed E-state index contributed by atoms with van der Waals surface area (Å²) in [6, 6.07) is 1.96. The molecule has 0 aliphatic carbocycles. The minimum Gasteiger partial charge on any atom is -0.361 e. The molecule has 156 valence electrons. The predicted molar refractivity (Wildman–Crippen MR) is 118 cm³/mol. The minimum absolute atomic E-state index is 0. The van der Waals surface area contributed by atoms with Crippen molar-refractivity contribution in [1.29, 1.82) is 0 Å². The number of guanidine groups is 1. The van der Waals surface area contributed by atoms with Gasteiger partial charge in [0.15, 0.2) is 15.8 Å². The molecule has 1 aromatic heterocycles. The molecule has 10 heteroatoms. The SMILES string of the molecule is CN=C(NCCS(=O)(=O)C(C)(C)C)N1CCN(Cc2cc(C)on2)CC1.I. The fourth-order valence-electron chi connectivity index (χ4n) is 2.78. The molecule has 0 atom stereocenters. The van der Waals surface area contributed by atoms with Crippen molar-refractivity contribution in [2.75, 3.05) is 45.5 Å². The van der Waals surface area contributed by atoms with Crippen molar-refractivity contribution in [2.45, 2.75) is 39.0 Å². The maximum atomic E-state index is 12.2. The lowest BCUT2D eigenvalue weighted by Crippen LogP contribution is -2.52. The number of hydrogen-bond acceptors (Lipinski definition) is 6. The third-order valence-electron chi connectivity index (χ3n) is 4.53. The second-order valence-corrected chi connectivity index (χ2v) is 10.5. The van der Waals surface area contributed by atoms with E-state index in [1.54, 1.807) is 27.8 Å².